The second kappa shape index (κ2) is 8.05. The van der Waals surface area contributed by atoms with Crippen molar-refractivity contribution >= 4 is 17.5 Å². The highest BCUT2D eigenvalue weighted by Crippen LogP contribution is 2.19. The lowest BCUT2D eigenvalue weighted by atomic mass is 9.99. The van der Waals surface area contributed by atoms with Crippen LogP contribution in [0.1, 0.15) is 37.0 Å². The van der Waals surface area contributed by atoms with E-state index in [1.165, 1.54) is 0 Å². The summed E-state index contributed by atoms with van der Waals surface area (Å²) in [5, 5.41) is 2.84. The lowest BCUT2D eigenvalue weighted by Crippen LogP contribution is -2.33. The van der Waals surface area contributed by atoms with Crippen molar-refractivity contribution in [3.8, 4) is 5.75 Å². The number of amides is 1. The van der Waals surface area contributed by atoms with E-state index in [-0.39, 0.29) is 11.3 Å². The van der Waals surface area contributed by atoms with Crippen LogP contribution in [0.3, 0.4) is 0 Å². The average molecular weight is 284 g/mol. The molecule has 1 aromatic rings. The van der Waals surface area contributed by atoms with Gasteiger partial charge in [-0.05, 0) is 18.1 Å². The number of ether oxygens (including phenoxy) is 1. The van der Waals surface area contributed by atoms with Crippen molar-refractivity contribution in [2.45, 2.75) is 32.1 Å². The minimum absolute atomic E-state index is 0.0337. The average Bonchev–Trinajstić information content (AvgIpc) is 2.45. The SMILES string of the molecule is CCC(CC)C(Cl)CNC(=O)c1ccccc1OC. The molecule has 0 aliphatic carbocycles. The van der Waals surface area contributed by atoms with Crippen molar-refractivity contribution in [1.82, 2.24) is 5.32 Å². The van der Waals surface area contributed by atoms with Gasteiger partial charge in [0.25, 0.3) is 5.91 Å². The van der Waals surface area contributed by atoms with E-state index < -0.39 is 0 Å². The molecule has 3 nitrogen and oxygen atoms in total. The molecule has 0 aliphatic rings. The molecule has 0 bridgehead atoms. The van der Waals surface area contributed by atoms with Crippen LogP contribution >= 0.6 is 11.6 Å². The normalized spacial score (nSPS) is 12.3. The van der Waals surface area contributed by atoms with Crippen LogP contribution in [0.25, 0.3) is 0 Å². The number of nitrogens with one attached hydrogen (secondary N) is 1. The predicted octanol–water partition coefficient (Wildman–Crippen LogP) is 3.47. The van der Waals surface area contributed by atoms with Crippen molar-refractivity contribution < 1.29 is 9.53 Å². The van der Waals surface area contributed by atoms with Crippen LogP contribution in [0.4, 0.5) is 0 Å². The molecular weight excluding hydrogens is 262 g/mol. The van der Waals surface area contributed by atoms with Crippen LogP contribution in [-0.4, -0.2) is 24.9 Å². The fraction of sp³-hybridized carbons (Fsp3) is 0.533. The maximum Gasteiger partial charge on any atom is 0.255 e. The van der Waals surface area contributed by atoms with E-state index in [0.29, 0.717) is 23.8 Å². The molecule has 1 unspecified atom stereocenters. The van der Waals surface area contributed by atoms with Crippen LogP contribution in [0, 0.1) is 5.92 Å². The highest BCUT2D eigenvalue weighted by molar-refractivity contribution is 6.21. The molecule has 1 rings (SSSR count). The minimum atomic E-state index is -0.144. The van der Waals surface area contributed by atoms with Crippen LogP contribution in [0.2, 0.25) is 0 Å². The number of carbonyl (C=O) groups is 1. The van der Waals surface area contributed by atoms with Gasteiger partial charge in [0.1, 0.15) is 5.75 Å². The Bertz CT molecular complexity index is 405. The van der Waals surface area contributed by atoms with Crippen molar-refractivity contribution in [2.24, 2.45) is 5.92 Å². The Labute approximate surface area is 120 Å². The summed E-state index contributed by atoms with van der Waals surface area (Å²) in [7, 11) is 1.56. The lowest BCUT2D eigenvalue weighted by molar-refractivity contribution is 0.0948. The highest BCUT2D eigenvalue weighted by atomic mass is 35.5. The molecule has 1 amide bonds. The Morgan fingerprint density at radius 1 is 1.32 bits per heavy atom. The number of rotatable bonds is 7. The Kier molecular flexibility index (Phi) is 6.71. The van der Waals surface area contributed by atoms with Crippen molar-refractivity contribution in [2.75, 3.05) is 13.7 Å². The predicted molar refractivity (Wildman–Crippen MR) is 79.0 cm³/mol. The summed E-state index contributed by atoms with van der Waals surface area (Å²) in [6, 6.07) is 7.17. The number of hydrogen-bond donors (Lipinski definition) is 1. The Morgan fingerprint density at radius 2 is 1.95 bits per heavy atom. The molecule has 0 saturated heterocycles. The zero-order chi connectivity index (χ0) is 14.3. The molecule has 0 heterocycles. The monoisotopic (exact) mass is 283 g/mol. The summed E-state index contributed by atoms with van der Waals surface area (Å²) >= 11 is 6.31. The van der Waals surface area contributed by atoms with E-state index in [0.717, 1.165) is 12.8 Å². The summed E-state index contributed by atoms with van der Waals surface area (Å²) in [5.41, 5.74) is 0.540. The molecule has 1 aromatic carbocycles. The molecule has 19 heavy (non-hydrogen) atoms. The van der Waals surface area contributed by atoms with Crippen LogP contribution in [-0.2, 0) is 0 Å². The first-order valence-corrected chi connectivity index (χ1v) is 7.12. The first-order valence-electron chi connectivity index (χ1n) is 6.69. The van der Waals surface area contributed by atoms with Gasteiger partial charge in [-0.15, -0.1) is 11.6 Å². The van der Waals surface area contributed by atoms with Crippen molar-refractivity contribution in [1.29, 1.82) is 0 Å². The molecule has 1 atom stereocenters. The van der Waals surface area contributed by atoms with E-state index in [2.05, 4.69) is 19.2 Å². The van der Waals surface area contributed by atoms with Gasteiger partial charge < -0.3 is 10.1 Å². The van der Waals surface area contributed by atoms with Gasteiger partial charge in [-0.2, -0.15) is 0 Å². The molecular formula is C15H22ClNO2. The van der Waals surface area contributed by atoms with E-state index in [4.69, 9.17) is 16.3 Å². The first-order chi connectivity index (χ1) is 9.13. The van der Waals surface area contributed by atoms with Crippen LogP contribution < -0.4 is 10.1 Å². The maximum atomic E-state index is 12.1. The molecule has 0 aromatic heterocycles. The smallest absolute Gasteiger partial charge is 0.255 e. The zero-order valence-corrected chi connectivity index (χ0v) is 12.5. The summed E-state index contributed by atoms with van der Waals surface area (Å²) < 4.78 is 5.17. The fourth-order valence-corrected chi connectivity index (χ4v) is 2.52. The third-order valence-corrected chi connectivity index (χ3v) is 3.88. The highest BCUT2D eigenvalue weighted by Gasteiger charge is 2.18. The van der Waals surface area contributed by atoms with E-state index >= 15 is 0 Å². The number of benzene rings is 1. The van der Waals surface area contributed by atoms with E-state index in [1.54, 1.807) is 19.2 Å². The Balaban J connectivity index is 2.60. The molecule has 1 N–H and O–H groups in total. The standard InChI is InChI=1S/C15H22ClNO2/c1-4-11(5-2)13(16)10-17-15(18)12-8-6-7-9-14(12)19-3/h6-9,11,13H,4-5,10H2,1-3H3,(H,17,18). The number of carbonyl (C=O) groups excluding carboxylic acids is 1. The lowest BCUT2D eigenvalue weighted by Gasteiger charge is -2.19. The molecule has 4 heteroatoms. The second-order valence-corrected chi connectivity index (χ2v) is 5.06. The summed E-state index contributed by atoms with van der Waals surface area (Å²) in [6.45, 7) is 4.71. The van der Waals surface area contributed by atoms with Gasteiger partial charge in [0.15, 0.2) is 0 Å². The number of para-hydroxylation sites is 1. The quantitative estimate of drug-likeness (QED) is 0.778. The van der Waals surface area contributed by atoms with Crippen molar-refractivity contribution in [3.63, 3.8) is 0 Å². The summed E-state index contributed by atoms with van der Waals surface area (Å²) in [6.07, 6.45) is 2.05. The molecule has 0 aliphatic heterocycles. The molecule has 0 spiro atoms. The third-order valence-electron chi connectivity index (χ3n) is 3.37. The van der Waals surface area contributed by atoms with E-state index in [1.807, 2.05) is 12.1 Å². The minimum Gasteiger partial charge on any atom is -0.496 e. The topological polar surface area (TPSA) is 38.3 Å². The van der Waals surface area contributed by atoms with Gasteiger partial charge >= 0.3 is 0 Å². The van der Waals surface area contributed by atoms with Gasteiger partial charge in [0.2, 0.25) is 0 Å². The second-order valence-electron chi connectivity index (χ2n) is 4.50. The Hall–Kier alpha value is -1.22. The van der Waals surface area contributed by atoms with Gasteiger partial charge in [-0.3, -0.25) is 4.79 Å². The molecule has 106 valence electrons. The van der Waals surface area contributed by atoms with Crippen LogP contribution in [0.5, 0.6) is 5.75 Å². The fourth-order valence-electron chi connectivity index (χ4n) is 2.08. The number of hydrogen-bond acceptors (Lipinski definition) is 2. The van der Waals surface area contributed by atoms with Crippen molar-refractivity contribution in [3.05, 3.63) is 29.8 Å². The number of methoxy groups -OCH3 is 1. The van der Waals surface area contributed by atoms with Gasteiger partial charge in [-0.25, -0.2) is 0 Å². The summed E-state index contributed by atoms with van der Waals surface area (Å²) in [5.74, 6) is 0.863. The first kappa shape index (κ1) is 15.8. The summed E-state index contributed by atoms with van der Waals surface area (Å²) in [4.78, 5) is 12.1. The molecule has 0 fully saturated rings. The van der Waals surface area contributed by atoms with E-state index in [9.17, 15) is 4.79 Å². The largest absolute Gasteiger partial charge is 0.496 e. The van der Waals surface area contributed by atoms with Gasteiger partial charge in [0.05, 0.1) is 18.1 Å². The maximum absolute atomic E-state index is 12.1. The molecule has 0 radical (unpaired) electrons. The number of alkyl halides is 1. The zero-order valence-electron chi connectivity index (χ0n) is 11.8. The van der Waals surface area contributed by atoms with Gasteiger partial charge in [0, 0.05) is 6.54 Å². The molecule has 0 saturated carbocycles. The number of halogens is 1. The third kappa shape index (κ3) is 4.43. The van der Waals surface area contributed by atoms with Gasteiger partial charge in [-0.1, -0.05) is 38.8 Å². The Morgan fingerprint density at radius 3 is 2.53 bits per heavy atom. The van der Waals surface area contributed by atoms with Crippen LogP contribution in [0.15, 0.2) is 24.3 Å².